The molecule has 1 aromatic heterocycles. The van der Waals surface area contributed by atoms with E-state index in [0.29, 0.717) is 11.4 Å². The van der Waals surface area contributed by atoms with Gasteiger partial charge in [0.2, 0.25) is 0 Å². The van der Waals surface area contributed by atoms with Crippen LogP contribution in [0.25, 0.3) is 0 Å². The normalized spacial score (nSPS) is 10.5. The van der Waals surface area contributed by atoms with E-state index in [0.717, 1.165) is 11.1 Å². The van der Waals surface area contributed by atoms with Crippen LogP contribution in [0.1, 0.15) is 32.9 Å². The van der Waals surface area contributed by atoms with Crippen LogP contribution in [-0.4, -0.2) is 16.2 Å². The van der Waals surface area contributed by atoms with Crippen molar-refractivity contribution < 1.29 is 19.2 Å². The monoisotopic (exact) mass is 261 g/mol. The minimum Gasteiger partial charge on any atom is -0.485 e. The molecule has 5 nitrogen and oxygen atoms in total. The second kappa shape index (κ2) is 5.14. The Balaban J connectivity index is 2.19. The molecule has 0 unspecified atom stereocenters. The van der Waals surface area contributed by atoms with Crippen molar-refractivity contribution in [1.29, 1.82) is 0 Å². The van der Waals surface area contributed by atoms with Crippen molar-refractivity contribution in [3.05, 3.63) is 46.3 Å². The first kappa shape index (κ1) is 13.1. The molecule has 100 valence electrons. The van der Waals surface area contributed by atoms with E-state index in [4.69, 9.17) is 14.4 Å². The third-order valence-corrected chi connectivity index (χ3v) is 2.85. The molecular weight excluding hydrogens is 246 g/mol. The Morgan fingerprint density at radius 2 is 2.11 bits per heavy atom. The van der Waals surface area contributed by atoms with Crippen molar-refractivity contribution in [3.8, 4) is 5.75 Å². The third-order valence-electron chi connectivity index (χ3n) is 2.85. The highest BCUT2D eigenvalue weighted by molar-refractivity contribution is 5.89. The van der Waals surface area contributed by atoms with E-state index in [9.17, 15) is 4.79 Å². The molecule has 0 radical (unpaired) electrons. The summed E-state index contributed by atoms with van der Waals surface area (Å²) in [6.07, 6.45) is 0. The molecule has 0 saturated heterocycles. The van der Waals surface area contributed by atoms with Gasteiger partial charge in [0.15, 0.2) is 5.76 Å². The van der Waals surface area contributed by atoms with Crippen LogP contribution in [0.2, 0.25) is 0 Å². The second-order valence-electron chi connectivity index (χ2n) is 4.43. The minimum atomic E-state index is -1.06. The lowest BCUT2D eigenvalue weighted by Gasteiger charge is -2.08. The lowest BCUT2D eigenvalue weighted by Crippen LogP contribution is -2.04. The maximum atomic E-state index is 11.1. The molecule has 2 rings (SSSR count). The molecule has 0 aliphatic heterocycles. The number of carbonyl (C=O) groups is 1. The second-order valence-corrected chi connectivity index (χ2v) is 4.43. The van der Waals surface area contributed by atoms with Gasteiger partial charge in [-0.1, -0.05) is 17.3 Å². The van der Waals surface area contributed by atoms with Crippen molar-refractivity contribution in [1.82, 2.24) is 5.16 Å². The number of rotatable bonds is 4. The Hall–Kier alpha value is -2.30. The number of aromatic carboxylic acids is 1. The van der Waals surface area contributed by atoms with E-state index in [1.165, 1.54) is 0 Å². The van der Waals surface area contributed by atoms with Gasteiger partial charge in [-0.3, -0.25) is 0 Å². The van der Waals surface area contributed by atoms with Crippen LogP contribution in [0.4, 0.5) is 0 Å². The van der Waals surface area contributed by atoms with Crippen molar-refractivity contribution in [2.75, 3.05) is 0 Å². The summed E-state index contributed by atoms with van der Waals surface area (Å²) in [7, 11) is 0. The summed E-state index contributed by atoms with van der Waals surface area (Å²) in [5, 5.41) is 12.7. The molecule has 0 saturated carbocycles. The van der Waals surface area contributed by atoms with E-state index in [2.05, 4.69) is 5.16 Å². The first-order valence-electron chi connectivity index (χ1n) is 5.87. The summed E-state index contributed by atoms with van der Waals surface area (Å²) in [6.45, 7) is 5.53. The number of carboxylic acids is 1. The lowest BCUT2D eigenvalue weighted by molar-refractivity contribution is 0.0691. The van der Waals surface area contributed by atoms with Crippen LogP contribution in [0.15, 0.2) is 22.7 Å². The maximum absolute atomic E-state index is 11.1. The van der Waals surface area contributed by atoms with Crippen molar-refractivity contribution in [2.45, 2.75) is 27.4 Å². The summed E-state index contributed by atoms with van der Waals surface area (Å²) in [5.74, 6) is -0.116. The van der Waals surface area contributed by atoms with Crippen LogP contribution in [0, 0.1) is 20.8 Å². The van der Waals surface area contributed by atoms with E-state index in [1.807, 2.05) is 32.0 Å². The predicted octanol–water partition coefficient (Wildman–Crippen LogP) is 2.88. The van der Waals surface area contributed by atoms with Crippen molar-refractivity contribution in [3.63, 3.8) is 0 Å². The van der Waals surface area contributed by atoms with Gasteiger partial charge in [0.1, 0.15) is 17.9 Å². The van der Waals surface area contributed by atoms with E-state index < -0.39 is 5.97 Å². The number of aryl methyl sites for hydroxylation is 3. The standard InChI is InChI=1S/C14H15NO4/c1-8-4-5-9(2)11(6-8)18-7-12-13(14(16)17)10(3)15-19-12/h4-6H,7H2,1-3H3,(H,16,17). The number of hydrogen-bond donors (Lipinski definition) is 1. The quantitative estimate of drug-likeness (QED) is 0.916. The van der Waals surface area contributed by atoms with E-state index in [-0.39, 0.29) is 17.9 Å². The van der Waals surface area contributed by atoms with Crippen LogP contribution in [-0.2, 0) is 6.61 Å². The van der Waals surface area contributed by atoms with Gasteiger partial charge in [0.05, 0.1) is 5.69 Å². The Labute approximate surface area is 110 Å². The third kappa shape index (κ3) is 2.76. The first-order valence-corrected chi connectivity index (χ1v) is 5.87. The maximum Gasteiger partial charge on any atom is 0.341 e. The molecule has 0 aliphatic carbocycles. The molecule has 2 aromatic rings. The molecule has 1 aromatic carbocycles. The topological polar surface area (TPSA) is 72.6 Å². The largest absolute Gasteiger partial charge is 0.485 e. The Morgan fingerprint density at radius 3 is 2.79 bits per heavy atom. The molecule has 0 aliphatic rings. The molecule has 0 atom stereocenters. The zero-order valence-corrected chi connectivity index (χ0v) is 11.1. The van der Waals surface area contributed by atoms with Gasteiger partial charge in [-0.15, -0.1) is 0 Å². The molecule has 0 bridgehead atoms. The zero-order valence-electron chi connectivity index (χ0n) is 11.1. The Kier molecular flexibility index (Phi) is 3.55. The van der Waals surface area contributed by atoms with Crippen LogP contribution in [0.5, 0.6) is 5.75 Å². The number of nitrogens with zero attached hydrogens (tertiary/aromatic N) is 1. The van der Waals surface area contributed by atoms with E-state index in [1.54, 1.807) is 6.92 Å². The lowest BCUT2D eigenvalue weighted by atomic mass is 10.1. The summed E-state index contributed by atoms with van der Waals surface area (Å²) in [4.78, 5) is 11.1. The van der Waals surface area contributed by atoms with Gasteiger partial charge in [0, 0.05) is 0 Å². The molecule has 5 heteroatoms. The van der Waals surface area contributed by atoms with E-state index >= 15 is 0 Å². The molecule has 19 heavy (non-hydrogen) atoms. The Bertz CT molecular complexity index is 616. The summed E-state index contributed by atoms with van der Waals surface area (Å²) in [6, 6.07) is 5.84. The molecule has 0 spiro atoms. The number of aromatic nitrogens is 1. The Morgan fingerprint density at radius 1 is 1.37 bits per heavy atom. The molecular formula is C14H15NO4. The number of benzene rings is 1. The van der Waals surface area contributed by atoms with Crippen LogP contribution in [0.3, 0.4) is 0 Å². The molecule has 0 fully saturated rings. The fourth-order valence-electron chi connectivity index (χ4n) is 1.80. The van der Waals surface area contributed by atoms with Gasteiger partial charge in [-0.25, -0.2) is 4.79 Å². The van der Waals surface area contributed by atoms with Gasteiger partial charge >= 0.3 is 5.97 Å². The highest BCUT2D eigenvalue weighted by atomic mass is 16.5. The average molecular weight is 261 g/mol. The first-order chi connectivity index (χ1) is 8.99. The fourth-order valence-corrected chi connectivity index (χ4v) is 1.80. The summed E-state index contributed by atoms with van der Waals surface area (Å²) >= 11 is 0. The predicted molar refractivity (Wildman–Crippen MR) is 68.4 cm³/mol. The molecule has 1 N–H and O–H groups in total. The van der Waals surface area contributed by atoms with Gasteiger partial charge in [0.25, 0.3) is 0 Å². The van der Waals surface area contributed by atoms with Gasteiger partial charge < -0.3 is 14.4 Å². The number of ether oxygens (including phenoxy) is 1. The SMILES string of the molecule is Cc1ccc(C)c(OCc2onc(C)c2C(=O)O)c1. The van der Waals surface area contributed by atoms with Crippen LogP contribution >= 0.6 is 0 Å². The number of hydrogen-bond acceptors (Lipinski definition) is 4. The van der Waals surface area contributed by atoms with Crippen molar-refractivity contribution >= 4 is 5.97 Å². The number of carboxylic acid groups (broad SMARTS) is 1. The fraction of sp³-hybridized carbons (Fsp3) is 0.286. The zero-order chi connectivity index (χ0) is 14.0. The summed E-state index contributed by atoms with van der Waals surface area (Å²) in [5.41, 5.74) is 2.49. The smallest absolute Gasteiger partial charge is 0.341 e. The molecule has 0 amide bonds. The van der Waals surface area contributed by atoms with Gasteiger partial charge in [-0.2, -0.15) is 0 Å². The highest BCUT2D eigenvalue weighted by Crippen LogP contribution is 2.22. The average Bonchev–Trinajstić information content (AvgIpc) is 2.72. The summed E-state index contributed by atoms with van der Waals surface area (Å²) < 4.78 is 10.6. The van der Waals surface area contributed by atoms with Crippen LogP contribution < -0.4 is 4.74 Å². The highest BCUT2D eigenvalue weighted by Gasteiger charge is 2.20. The van der Waals surface area contributed by atoms with Gasteiger partial charge in [-0.05, 0) is 38.0 Å². The minimum absolute atomic E-state index is 0.0484. The van der Waals surface area contributed by atoms with Crippen molar-refractivity contribution in [2.24, 2.45) is 0 Å². The molecule has 1 heterocycles.